The lowest BCUT2D eigenvalue weighted by molar-refractivity contribution is -0.147. The van der Waals surface area contributed by atoms with Crippen molar-refractivity contribution in [2.24, 2.45) is 5.41 Å². The first-order valence-electron chi connectivity index (χ1n) is 10.0. The van der Waals surface area contributed by atoms with Gasteiger partial charge in [0.15, 0.2) is 0 Å². The van der Waals surface area contributed by atoms with E-state index in [0.29, 0.717) is 12.9 Å². The molecule has 0 radical (unpaired) electrons. The van der Waals surface area contributed by atoms with Gasteiger partial charge in [-0.3, -0.25) is 9.59 Å². The summed E-state index contributed by atoms with van der Waals surface area (Å²) in [6, 6.07) is 6.68. The number of ether oxygens (including phenoxy) is 1. The van der Waals surface area contributed by atoms with Crippen molar-refractivity contribution >= 4 is 12.4 Å². The number of rotatable bonds is 13. The molecule has 0 fully saturated rings. The summed E-state index contributed by atoms with van der Waals surface area (Å²) in [5.74, 6) is -0.719. The van der Waals surface area contributed by atoms with Gasteiger partial charge in [-0.15, -0.1) is 0 Å². The molecule has 1 aromatic carbocycles. The van der Waals surface area contributed by atoms with Gasteiger partial charge in [0.1, 0.15) is 5.60 Å². The Bertz CT molecular complexity index is 617. The number of aryl methyl sites for hydroxylation is 3. The molecule has 0 heterocycles. The van der Waals surface area contributed by atoms with E-state index in [1.54, 1.807) is 13.8 Å². The molecule has 152 valence electrons. The van der Waals surface area contributed by atoms with Crippen molar-refractivity contribution in [2.75, 3.05) is 0 Å². The number of benzene rings is 1. The molecule has 0 saturated heterocycles. The molecule has 0 atom stereocenters. The maximum Gasteiger partial charge on any atom is 0.309 e. The molecule has 1 N–H and O–H groups in total. The van der Waals surface area contributed by atoms with Crippen LogP contribution < -0.4 is 0 Å². The number of carbonyl (C=O) groups is 2. The van der Waals surface area contributed by atoms with E-state index in [-0.39, 0.29) is 5.60 Å². The predicted molar refractivity (Wildman–Crippen MR) is 109 cm³/mol. The number of carboxylic acids is 1. The molecule has 4 nitrogen and oxygen atoms in total. The minimum absolute atomic E-state index is 0.379. The lowest BCUT2D eigenvalue weighted by Crippen LogP contribution is -2.23. The summed E-state index contributed by atoms with van der Waals surface area (Å²) in [7, 11) is 0. The monoisotopic (exact) mass is 376 g/mol. The smallest absolute Gasteiger partial charge is 0.309 e. The van der Waals surface area contributed by atoms with Crippen LogP contribution in [0.1, 0.15) is 82.9 Å². The van der Waals surface area contributed by atoms with E-state index >= 15 is 0 Å². The average Bonchev–Trinajstić information content (AvgIpc) is 2.57. The maximum absolute atomic E-state index is 11.1. The third-order valence-electron chi connectivity index (χ3n) is 5.35. The van der Waals surface area contributed by atoms with E-state index in [0.717, 1.165) is 44.9 Å². The zero-order valence-corrected chi connectivity index (χ0v) is 17.6. The molecule has 27 heavy (non-hydrogen) atoms. The molecule has 4 heteroatoms. The van der Waals surface area contributed by atoms with Crippen molar-refractivity contribution in [3.8, 4) is 0 Å². The molecule has 0 amide bonds. The third kappa shape index (κ3) is 8.59. The molecule has 1 rings (SSSR count). The number of hydrogen-bond donors (Lipinski definition) is 1. The zero-order chi connectivity index (χ0) is 20.5. The Balaban J connectivity index is 2.39. The number of hydrogen-bond acceptors (Lipinski definition) is 3. The number of aliphatic carboxylic acids is 1. The predicted octanol–water partition coefficient (Wildman–Crippen LogP) is 5.48. The number of carboxylic acid groups (broad SMARTS) is 1. The van der Waals surface area contributed by atoms with Crippen LogP contribution in [0.5, 0.6) is 0 Å². The molecular formula is C23H36O4. The minimum atomic E-state index is -0.719. The summed E-state index contributed by atoms with van der Waals surface area (Å²) in [5.41, 5.74) is 3.01. The first-order valence-corrected chi connectivity index (χ1v) is 10.0. The van der Waals surface area contributed by atoms with Crippen LogP contribution in [0.2, 0.25) is 0 Å². The van der Waals surface area contributed by atoms with E-state index in [9.17, 15) is 9.59 Å². The van der Waals surface area contributed by atoms with Crippen LogP contribution in [0, 0.1) is 12.3 Å². The lowest BCUT2D eigenvalue weighted by Gasteiger charge is -2.22. The second-order valence-electron chi connectivity index (χ2n) is 8.84. The maximum atomic E-state index is 11.1. The summed E-state index contributed by atoms with van der Waals surface area (Å²) in [4.78, 5) is 21.6. The highest BCUT2D eigenvalue weighted by Crippen LogP contribution is 2.24. The van der Waals surface area contributed by atoms with E-state index in [4.69, 9.17) is 9.84 Å². The summed E-state index contributed by atoms with van der Waals surface area (Å²) in [6.07, 6.45) is 7.67. The van der Waals surface area contributed by atoms with Crippen molar-refractivity contribution in [1.82, 2.24) is 0 Å². The van der Waals surface area contributed by atoms with Crippen molar-refractivity contribution < 1.29 is 19.4 Å². The highest BCUT2D eigenvalue weighted by atomic mass is 16.5. The van der Waals surface area contributed by atoms with E-state index in [1.165, 1.54) is 16.7 Å². The van der Waals surface area contributed by atoms with Gasteiger partial charge in [-0.05, 0) is 96.3 Å². The quantitative estimate of drug-likeness (QED) is 0.365. The van der Waals surface area contributed by atoms with E-state index < -0.39 is 11.4 Å². The first kappa shape index (κ1) is 23.2. The molecule has 0 aliphatic heterocycles. The Hall–Kier alpha value is -1.84. The molecule has 0 bridgehead atoms. The van der Waals surface area contributed by atoms with Crippen LogP contribution >= 0.6 is 0 Å². The topological polar surface area (TPSA) is 63.6 Å². The molecule has 0 unspecified atom stereocenters. The molecule has 0 spiro atoms. The number of unbranched alkanes of at least 4 members (excludes halogenated alkanes) is 2. The summed E-state index contributed by atoms with van der Waals surface area (Å²) in [6.45, 7) is 10.2. The molecule has 0 aliphatic carbocycles. The molecule has 0 aromatic heterocycles. The fourth-order valence-corrected chi connectivity index (χ4v) is 3.25. The van der Waals surface area contributed by atoms with Crippen molar-refractivity contribution in [3.05, 3.63) is 34.9 Å². The lowest BCUT2D eigenvalue weighted by atomic mass is 9.87. The summed E-state index contributed by atoms with van der Waals surface area (Å²) >= 11 is 0. The first-order chi connectivity index (χ1) is 12.6. The number of carbonyl (C=O) groups excluding carboxylic acids is 1. The van der Waals surface area contributed by atoms with Crippen LogP contribution in [0.15, 0.2) is 18.2 Å². The third-order valence-corrected chi connectivity index (χ3v) is 5.35. The van der Waals surface area contributed by atoms with Gasteiger partial charge >= 0.3 is 5.97 Å². The molecular weight excluding hydrogens is 340 g/mol. The summed E-state index contributed by atoms with van der Waals surface area (Å²) < 4.78 is 5.09. The van der Waals surface area contributed by atoms with Gasteiger partial charge in [-0.2, -0.15) is 0 Å². The summed E-state index contributed by atoms with van der Waals surface area (Å²) in [5, 5.41) is 9.16. The Labute approximate surface area is 164 Å². The fraction of sp³-hybridized carbons (Fsp3) is 0.652. The standard InChI is InChI=1S/C23H36O4/c1-18-16-19(10-6-8-14-22(2,3)21(25)26)12-13-20(18)11-7-9-15-23(4,5)27-17-24/h12-13,16-17H,6-11,14-15H2,1-5H3,(H,25,26). The van der Waals surface area contributed by atoms with E-state index in [2.05, 4.69) is 25.1 Å². The largest absolute Gasteiger partial charge is 0.481 e. The molecule has 1 aromatic rings. The van der Waals surface area contributed by atoms with Gasteiger partial charge < -0.3 is 9.84 Å². The van der Waals surface area contributed by atoms with Gasteiger partial charge in [0.05, 0.1) is 5.41 Å². The van der Waals surface area contributed by atoms with Gasteiger partial charge in [-0.25, -0.2) is 0 Å². The molecule has 0 aliphatic rings. The van der Waals surface area contributed by atoms with Gasteiger partial charge in [-0.1, -0.05) is 24.6 Å². The SMILES string of the molecule is Cc1cc(CCCCC(C)(C)C(=O)O)ccc1CCCCC(C)(C)OC=O. The van der Waals surface area contributed by atoms with Crippen LogP contribution in [0.3, 0.4) is 0 Å². The van der Waals surface area contributed by atoms with E-state index in [1.807, 2.05) is 13.8 Å². The van der Waals surface area contributed by atoms with Crippen LogP contribution in [-0.4, -0.2) is 23.1 Å². The Kier molecular flexibility index (Phi) is 9.01. The van der Waals surface area contributed by atoms with Crippen LogP contribution in [0.4, 0.5) is 0 Å². The van der Waals surface area contributed by atoms with Crippen molar-refractivity contribution in [1.29, 1.82) is 0 Å². The average molecular weight is 377 g/mol. The zero-order valence-electron chi connectivity index (χ0n) is 17.6. The Morgan fingerprint density at radius 2 is 1.67 bits per heavy atom. The normalized spacial score (nSPS) is 12.0. The fourth-order valence-electron chi connectivity index (χ4n) is 3.25. The minimum Gasteiger partial charge on any atom is -0.481 e. The molecule has 0 saturated carbocycles. The van der Waals surface area contributed by atoms with Gasteiger partial charge in [0, 0.05) is 0 Å². The van der Waals surface area contributed by atoms with Gasteiger partial charge in [0.25, 0.3) is 6.47 Å². The highest BCUT2D eigenvalue weighted by Gasteiger charge is 2.25. The second kappa shape index (κ2) is 10.5. The Morgan fingerprint density at radius 1 is 1.04 bits per heavy atom. The Morgan fingerprint density at radius 3 is 2.26 bits per heavy atom. The van der Waals surface area contributed by atoms with Crippen LogP contribution in [-0.2, 0) is 27.2 Å². The van der Waals surface area contributed by atoms with Crippen molar-refractivity contribution in [3.63, 3.8) is 0 Å². The highest BCUT2D eigenvalue weighted by molar-refractivity contribution is 5.73. The van der Waals surface area contributed by atoms with Crippen LogP contribution in [0.25, 0.3) is 0 Å². The van der Waals surface area contributed by atoms with Gasteiger partial charge in [0.2, 0.25) is 0 Å². The van der Waals surface area contributed by atoms with Crippen molar-refractivity contribution in [2.45, 2.75) is 91.6 Å². The second-order valence-corrected chi connectivity index (χ2v) is 8.84.